The van der Waals surface area contributed by atoms with Crippen molar-refractivity contribution in [2.24, 2.45) is 0 Å². The predicted molar refractivity (Wildman–Crippen MR) is 132 cm³/mol. The van der Waals surface area contributed by atoms with Crippen LogP contribution in [0, 0.1) is 6.92 Å². The molecule has 9 heteroatoms. The Morgan fingerprint density at radius 3 is 2.67 bits per heavy atom. The van der Waals surface area contributed by atoms with Crippen LogP contribution in [0.4, 0.5) is 10.9 Å². The van der Waals surface area contributed by atoms with Gasteiger partial charge in [0.05, 0.1) is 5.69 Å². The molecule has 0 saturated carbocycles. The summed E-state index contributed by atoms with van der Waals surface area (Å²) in [6.07, 6.45) is 2.89. The summed E-state index contributed by atoms with van der Waals surface area (Å²) < 4.78 is 5.09. The fraction of sp³-hybridized carbons (Fsp3) is 0.375. The maximum atomic E-state index is 12.5. The zero-order valence-corrected chi connectivity index (χ0v) is 20.3. The van der Waals surface area contributed by atoms with Gasteiger partial charge in [0.25, 0.3) is 0 Å². The Balaban J connectivity index is 1.43. The van der Waals surface area contributed by atoms with Gasteiger partial charge in [-0.1, -0.05) is 45.0 Å². The van der Waals surface area contributed by atoms with Crippen LogP contribution < -0.4 is 10.6 Å². The fourth-order valence-electron chi connectivity index (χ4n) is 3.57. The fourth-order valence-corrected chi connectivity index (χ4v) is 4.70. The van der Waals surface area contributed by atoms with Crippen LogP contribution in [0.2, 0.25) is 0 Å². The molecule has 3 aromatic heterocycles. The molecule has 0 fully saturated rings. The van der Waals surface area contributed by atoms with Gasteiger partial charge >= 0.3 is 0 Å². The average Bonchev–Trinajstić information content (AvgIpc) is 3.39. The molecule has 0 unspecified atom stereocenters. The summed E-state index contributed by atoms with van der Waals surface area (Å²) in [5.41, 5.74) is 1.90. The number of carbonyl (C=O) groups is 1. The summed E-state index contributed by atoms with van der Waals surface area (Å²) in [6, 6.07) is 7.87. The third-order valence-corrected chi connectivity index (χ3v) is 6.60. The van der Waals surface area contributed by atoms with E-state index in [1.807, 2.05) is 24.3 Å². The van der Waals surface area contributed by atoms with Gasteiger partial charge in [-0.3, -0.25) is 4.79 Å². The van der Waals surface area contributed by atoms with Gasteiger partial charge in [-0.05, 0) is 29.4 Å². The Labute approximate surface area is 196 Å². The number of rotatable bonds is 7. The average molecular weight is 465 g/mol. The minimum absolute atomic E-state index is 0.00657. The van der Waals surface area contributed by atoms with Gasteiger partial charge in [0.2, 0.25) is 17.6 Å². The second kappa shape index (κ2) is 9.27. The minimum Gasteiger partial charge on any atom is -0.369 e. The van der Waals surface area contributed by atoms with Crippen LogP contribution >= 0.6 is 11.3 Å². The van der Waals surface area contributed by atoms with Gasteiger partial charge in [0, 0.05) is 41.9 Å². The van der Waals surface area contributed by atoms with Crippen molar-refractivity contribution in [2.45, 2.75) is 52.9 Å². The van der Waals surface area contributed by atoms with Crippen molar-refractivity contribution in [3.63, 3.8) is 0 Å². The van der Waals surface area contributed by atoms with E-state index in [1.54, 1.807) is 24.5 Å². The normalized spacial score (nSPS) is 11.7. The van der Waals surface area contributed by atoms with E-state index in [2.05, 4.69) is 58.4 Å². The highest BCUT2D eigenvalue weighted by Crippen LogP contribution is 2.34. The molecule has 0 spiro atoms. The smallest absolute Gasteiger partial charge is 0.227 e. The number of fused-ring (bicyclic) bond motifs is 1. The lowest BCUT2D eigenvalue weighted by molar-refractivity contribution is -0.115. The van der Waals surface area contributed by atoms with E-state index in [1.165, 1.54) is 4.88 Å². The molecule has 33 heavy (non-hydrogen) atoms. The number of hydrogen-bond donors (Lipinski definition) is 2. The lowest BCUT2D eigenvalue weighted by atomic mass is 9.93. The number of carbonyl (C=O) groups excluding carboxylic acids is 1. The van der Waals surface area contributed by atoms with Gasteiger partial charge in [-0.25, -0.2) is 9.97 Å². The van der Waals surface area contributed by atoms with Crippen LogP contribution in [-0.2, 0) is 16.6 Å². The first-order valence-corrected chi connectivity index (χ1v) is 11.8. The van der Waals surface area contributed by atoms with Crippen molar-refractivity contribution in [3.05, 3.63) is 46.9 Å². The molecule has 0 radical (unpaired) electrons. The molecule has 1 aromatic carbocycles. The first-order chi connectivity index (χ1) is 15.7. The molecule has 2 N–H and O–H groups in total. The van der Waals surface area contributed by atoms with Crippen LogP contribution in [0.5, 0.6) is 0 Å². The molecule has 8 nitrogen and oxygen atoms in total. The number of benzene rings is 1. The number of pyridine rings is 1. The molecule has 3 heterocycles. The number of nitrogens with zero attached hydrogens (tertiary/aromatic N) is 4. The van der Waals surface area contributed by atoms with Crippen molar-refractivity contribution >= 4 is 39.0 Å². The maximum Gasteiger partial charge on any atom is 0.227 e. The van der Waals surface area contributed by atoms with E-state index in [0.717, 1.165) is 28.5 Å². The molecule has 0 aliphatic carbocycles. The Bertz CT molecular complexity index is 1290. The number of thiazole rings is 1. The van der Waals surface area contributed by atoms with E-state index in [-0.39, 0.29) is 11.3 Å². The Morgan fingerprint density at radius 1 is 1.18 bits per heavy atom. The molecular weight excluding hydrogens is 436 g/mol. The van der Waals surface area contributed by atoms with Gasteiger partial charge in [-0.2, -0.15) is 4.98 Å². The van der Waals surface area contributed by atoms with Crippen molar-refractivity contribution < 1.29 is 9.32 Å². The number of nitrogens with one attached hydrogen (secondary N) is 2. The molecule has 4 rings (SSSR count). The number of aromatic nitrogens is 4. The zero-order chi connectivity index (χ0) is 23.6. The summed E-state index contributed by atoms with van der Waals surface area (Å²) in [5.74, 6) is 1.68. The third kappa shape index (κ3) is 5.19. The first kappa shape index (κ1) is 22.8. The lowest BCUT2D eigenvalue weighted by Gasteiger charge is -2.16. The van der Waals surface area contributed by atoms with Crippen molar-refractivity contribution in [3.8, 4) is 11.4 Å². The summed E-state index contributed by atoms with van der Waals surface area (Å²) in [6.45, 7) is 10.8. The second-order valence-electron chi connectivity index (χ2n) is 8.86. The summed E-state index contributed by atoms with van der Waals surface area (Å²) in [7, 11) is 0. The van der Waals surface area contributed by atoms with Gasteiger partial charge < -0.3 is 15.2 Å². The SMILES string of the molecule is CCc1nc(NC(=O)CCNc2nccc3ccc(-c4noc(C)n4)cc23)sc1C(C)(C)C. The highest BCUT2D eigenvalue weighted by Gasteiger charge is 2.22. The van der Waals surface area contributed by atoms with Crippen molar-refractivity contribution in [1.29, 1.82) is 0 Å². The van der Waals surface area contributed by atoms with Crippen molar-refractivity contribution in [2.75, 3.05) is 17.2 Å². The molecule has 1 amide bonds. The second-order valence-corrected chi connectivity index (χ2v) is 9.85. The van der Waals surface area contributed by atoms with Crippen molar-refractivity contribution in [1.82, 2.24) is 20.1 Å². The van der Waals surface area contributed by atoms with Crippen LogP contribution in [0.1, 0.15) is 50.6 Å². The molecule has 0 aliphatic heterocycles. The lowest BCUT2D eigenvalue weighted by Crippen LogP contribution is -2.16. The predicted octanol–water partition coefficient (Wildman–Crippen LogP) is 5.35. The maximum absolute atomic E-state index is 12.5. The molecule has 0 saturated heterocycles. The minimum atomic E-state index is -0.0810. The summed E-state index contributed by atoms with van der Waals surface area (Å²) >= 11 is 1.56. The number of amides is 1. The van der Waals surface area contributed by atoms with Gasteiger partial charge in [0.1, 0.15) is 5.82 Å². The highest BCUT2D eigenvalue weighted by molar-refractivity contribution is 7.16. The third-order valence-electron chi connectivity index (χ3n) is 5.16. The van der Waals surface area contributed by atoms with E-state index < -0.39 is 0 Å². The Hall–Kier alpha value is -3.33. The van der Waals surface area contributed by atoms with E-state index in [0.29, 0.717) is 35.6 Å². The largest absolute Gasteiger partial charge is 0.369 e. The van der Waals surface area contributed by atoms with Crippen LogP contribution in [0.3, 0.4) is 0 Å². The monoisotopic (exact) mass is 464 g/mol. The molecule has 0 aliphatic rings. The molecular formula is C24H28N6O2S. The first-order valence-electron chi connectivity index (χ1n) is 11.0. The highest BCUT2D eigenvalue weighted by atomic mass is 32.1. The van der Waals surface area contributed by atoms with E-state index in [9.17, 15) is 4.79 Å². The van der Waals surface area contributed by atoms with Crippen LogP contribution in [0.15, 0.2) is 35.0 Å². The molecule has 4 aromatic rings. The number of anilines is 2. The zero-order valence-electron chi connectivity index (χ0n) is 19.5. The number of hydrogen-bond acceptors (Lipinski definition) is 8. The van der Waals surface area contributed by atoms with Crippen LogP contribution in [0.25, 0.3) is 22.2 Å². The van der Waals surface area contributed by atoms with E-state index in [4.69, 9.17) is 4.52 Å². The Kier molecular flexibility index (Phi) is 6.42. The van der Waals surface area contributed by atoms with E-state index >= 15 is 0 Å². The summed E-state index contributed by atoms with van der Waals surface area (Å²) in [5, 5.41) is 12.8. The van der Waals surface area contributed by atoms with Gasteiger partial charge in [0.15, 0.2) is 5.13 Å². The summed E-state index contributed by atoms with van der Waals surface area (Å²) in [4.78, 5) is 27.1. The quantitative estimate of drug-likeness (QED) is 0.380. The molecule has 172 valence electrons. The molecule has 0 bridgehead atoms. The van der Waals surface area contributed by atoms with Gasteiger partial charge in [-0.15, -0.1) is 11.3 Å². The molecule has 0 atom stereocenters. The number of aryl methyl sites for hydroxylation is 2. The topological polar surface area (TPSA) is 106 Å². The Morgan fingerprint density at radius 2 is 2.00 bits per heavy atom. The van der Waals surface area contributed by atoms with Crippen LogP contribution in [-0.4, -0.2) is 32.6 Å². The standard InChI is InChI=1S/C24H28N6O2S/c1-6-18-20(24(3,4)5)33-23(28-18)29-19(31)10-12-26-22-17-13-16(21-27-14(2)32-30-21)8-7-15(17)9-11-25-22/h7-9,11,13H,6,10,12H2,1-5H3,(H,25,26)(H,28,29,31).